The van der Waals surface area contributed by atoms with Gasteiger partial charge in [0.05, 0.1) is 16.2 Å². The van der Waals surface area contributed by atoms with E-state index in [1.807, 2.05) is 43.3 Å². The molecule has 1 radical (unpaired) electrons. The van der Waals surface area contributed by atoms with Crippen LogP contribution in [-0.4, -0.2) is 58.9 Å². The number of hydrogen-bond donors (Lipinski definition) is 2. The molecular formula is C21H18ClN3NaO3. The molecule has 0 saturated carbocycles. The Hall–Kier alpha value is -2.25. The molecule has 0 saturated heterocycles. The first-order valence-corrected chi connectivity index (χ1v) is 9.03. The van der Waals surface area contributed by atoms with E-state index in [2.05, 4.69) is 10.1 Å². The summed E-state index contributed by atoms with van der Waals surface area (Å²) in [6.07, 6.45) is 0. The van der Waals surface area contributed by atoms with E-state index in [0.29, 0.717) is 21.6 Å². The molecule has 0 aliphatic carbocycles. The van der Waals surface area contributed by atoms with E-state index >= 15 is 0 Å². The van der Waals surface area contributed by atoms with Gasteiger partial charge in [0.25, 0.3) is 5.56 Å². The first-order valence-electron chi connectivity index (χ1n) is 8.65. The van der Waals surface area contributed by atoms with Crippen molar-refractivity contribution in [2.45, 2.75) is 6.92 Å². The van der Waals surface area contributed by atoms with Crippen LogP contribution in [0.2, 0.25) is 5.02 Å². The summed E-state index contributed by atoms with van der Waals surface area (Å²) < 4.78 is 5.17. The molecule has 8 heteroatoms. The third kappa shape index (κ3) is 3.94. The number of fused-ring (bicyclic) bond motifs is 1. The average Bonchev–Trinajstić information content (AvgIpc) is 3.07. The minimum atomic E-state index is -0.472. The Morgan fingerprint density at radius 3 is 2.41 bits per heavy atom. The van der Waals surface area contributed by atoms with E-state index in [4.69, 9.17) is 16.1 Å². The van der Waals surface area contributed by atoms with Gasteiger partial charge in [0.2, 0.25) is 0 Å². The quantitative estimate of drug-likeness (QED) is 0.487. The van der Waals surface area contributed by atoms with Crippen LogP contribution in [0.25, 0.3) is 33.4 Å². The molecule has 0 atom stereocenters. The van der Waals surface area contributed by atoms with Crippen molar-refractivity contribution in [2.24, 2.45) is 0 Å². The second-order valence-electron chi connectivity index (χ2n) is 6.83. The fourth-order valence-corrected chi connectivity index (χ4v) is 3.44. The van der Waals surface area contributed by atoms with E-state index in [-0.39, 0.29) is 46.6 Å². The van der Waals surface area contributed by atoms with Gasteiger partial charge >= 0.3 is 0 Å². The van der Waals surface area contributed by atoms with Gasteiger partial charge in [-0.2, -0.15) is 0 Å². The summed E-state index contributed by atoms with van der Waals surface area (Å²) in [6.45, 7) is 1.74. The Morgan fingerprint density at radius 2 is 1.83 bits per heavy atom. The summed E-state index contributed by atoms with van der Waals surface area (Å²) in [4.78, 5) is 17.2. The summed E-state index contributed by atoms with van der Waals surface area (Å²) in [6, 6.07) is 12.9. The number of halogens is 1. The fraction of sp³-hybridized carbons (Fsp3) is 0.143. The minimum Gasteiger partial charge on any atom is -0.506 e. The van der Waals surface area contributed by atoms with Crippen LogP contribution >= 0.6 is 11.6 Å². The Morgan fingerprint density at radius 1 is 1.14 bits per heavy atom. The molecule has 4 rings (SSSR count). The molecule has 0 amide bonds. The number of nitrogens with one attached hydrogen (secondary N) is 1. The van der Waals surface area contributed by atoms with Crippen molar-refractivity contribution in [3.05, 3.63) is 63.5 Å². The number of nitrogens with zero attached hydrogens (tertiary/aromatic N) is 2. The van der Waals surface area contributed by atoms with E-state index in [0.717, 1.165) is 16.8 Å². The van der Waals surface area contributed by atoms with Crippen molar-refractivity contribution in [1.82, 2.24) is 10.1 Å². The van der Waals surface area contributed by atoms with Crippen molar-refractivity contribution in [2.75, 3.05) is 19.0 Å². The predicted molar refractivity (Wildman–Crippen MR) is 117 cm³/mol. The van der Waals surface area contributed by atoms with Gasteiger partial charge in [0.15, 0.2) is 5.76 Å². The number of hydrogen-bond acceptors (Lipinski definition) is 5. The molecule has 0 bridgehead atoms. The number of pyridine rings is 1. The molecule has 143 valence electrons. The van der Waals surface area contributed by atoms with E-state index in [9.17, 15) is 9.90 Å². The van der Waals surface area contributed by atoms with E-state index in [1.54, 1.807) is 25.1 Å². The largest absolute Gasteiger partial charge is 0.506 e. The Labute approximate surface area is 194 Å². The third-order valence-electron chi connectivity index (χ3n) is 4.64. The molecule has 2 N–H and O–H groups in total. The van der Waals surface area contributed by atoms with Crippen LogP contribution in [0.3, 0.4) is 0 Å². The van der Waals surface area contributed by atoms with Crippen LogP contribution in [0.15, 0.2) is 51.8 Å². The molecule has 0 spiro atoms. The normalized spacial score (nSPS) is 10.8. The number of rotatable bonds is 3. The standard InChI is InChI=1S/C21H18ClN3O3.Na/c1-11-8-18(28-24-11)19-20(26)15-9-14(16(22)10-17(15)23-21(19)27)12-4-6-13(7-5-12)25(2)3;/h4-10H,1-3H3,(H2,23,26,27);. The van der Waals surface area contributed by atoms with Crippen LogP contribution in [-0.2, 0) is 0 Å². The Bertz CT molecular complexity index is 1250. The molecule has 0 unspecified atom stereocenters. The zero-order valence-electron chi connectivity index (χ0n) is 16.6. The summed E-state index contributed by atoms with van der Waals surface area (Å²) in [7, 11) is 3.94. The van der Waals surface area contributed by atoms with Crippen LogP contribution in [0.5, 0.6) is 5.75 Å². The van der Waals surface area contributed by atoms with Crippen LogP contribution in [0.4, 0.5) is 5.69 Å². The van der Waals surface area contributed by atoms with E-state index in [1.165, 1.54) is 0 Å². The van der Waals surface area contributed by atoms with Gasteiger partial charge < -0.3 is 19.5 Å². The monoisotopic (exact) mass is 418 g/mol. The molecule has 0 fully saturated rings. The predicted octanol–water partition coefficient (Wildman–Crippen LogP) is 4.20. The van der Waals surface area contributed by atoms with Crippen molar-refractivity contribution < 1.29 is 9.63 Å². The zero-order chi connectivity index (χ0) is 20.0. The summed E-state index contributed by atoms with van der Waals surface area (Å²) in [5, 5.41) is 15.6. The number of anilines is 1. The summed E-state index contributed by atoms with van der Waals surface area (Å²) >= 11 is 6.46. The third-order valence-corrected chi connectivity index (χ3v) is 4.96. The van der Waals surface area contributed by atoms with Crippen LogP contribution in [0.1, 0.15) is 5.69 Å². The first-order chi connectivity index (χ1) is 13.3. The number of benzene rings is 2. The van der Waals surface area contributed by atoms with Gasteiger partial charge in [-0.05, 0) is 36.8 Å². The number of aromatic amines is 1. The molecular weight excluding hydrogens is 401 g/mol. The van der Waals surface area contributed by atoms with Crippen molar-refractivity contribution in [1.29, 1.82) is 0 Å². The molecule has 0 aliphatic rings. The Kier molecular flexibility index (Phi) is 6.10. The maximum Gasteiger partial charge on any atom is 0.263 e. The SMILES string of the molecule is Cc1cc(-c2c(O)c3cc(-c4ccc(N(C)C)cc4)c(Cl)cc3[nH]c2=O)on1.[Na]. The molecule has 2 aromatic heterocycles. The van der Waals surface area contributed by atoms with Crippen molar-refractivity contribution in [3.63, 3.8) is 0 Å². The van der Waals surface area contributed by atoms with Gasteiger partial charge in [-0.15, -0.1) is 0 Å². The van der Waals surface area contributed by atoms with Crippen LogP contribution < -0.4 is 10.5 Å². The molecule has 29 heavy (non-hydrogen) atoms. The van der Waals surface area contributed by atoms with Gasteiger partial charge in [-0.3, -0.25) is 4.79 Å². The maximum absolute atomic E-state index is 12.5. The second-order valence-corrected chi connectivity index (χ2v) is 7.24. The van der Waals surface area contributed by atoms with Gasteiger partial charge in [-0.1, -0.05) is 28.9 Å². The van der Waals surface area contributed by atoms with Gasteiger partial charge in [0, 0.05) is 66.4 Å². The number of aromatic nitrogens is 2. The van der Waals surface area contributed by atoms with Crippen LogP contribution in [0, 0.1) is 6.92 Å². The number of aryl methyl sites for hydroxylation is 1. The molecule has 4 aromatic rings. The minimum absolute atomic E-state index is 0. The average molecular weight is 419 g/mol. The summed E-state index contributed by atoms with van der Waals surface area (Å²) in [5.74, 6) is 0.0442. The maximum atomic E-state index is 12.5. The van der Waals surface area contributed by atoms with E-state index < -0.39 is 5.56 Å². The van der Waals surface area contributed by atoms with Crippen molar-refractivity contribution in [3.8, 4) is 28.2 Å². The Balaban J connectivity index is 0.00000240. The fourth-order valence-electron chi connectivity index (χ4n) is 3.17. The first kappa shape index (κ1) is 21.5. The number of aromatic hydroxyl groups is 1. The zero-order valence-corrected chi connectivity index (χ0v) is 19.3. The second kappa shape index (κ2) is 8.24. The molecule has 0 aliphatic heterocycles. The molecule has 2 heterocycles. The van der Waals surface area contributed by atoms with Crippen molar-refractivity contribution >= 4 is 57.7 Å². The number of H-pyrrole nitrogens is 1. The molecule has 2 aromatic carbocycles. The van der Waals surface area contributed by atoms with Gasteiger partial charge in [-0.25, -0.2) is 0 Å². The molecule has 6 nitrogen and oxygen atoms in total. The smallest absolute Gasteiger partial charge is 0.263 e. The van der Waals surface area contributed by atoms with Gasteiger partial charge in [0.1, 0.15) is 11.3 Å². The summed E-state index contributed by atoms with van der Waals surface area (Å²) in [5.41, 5.74) is 3.36. The topological polar surface area (TPSA) is 82.4 Å².